The van der Waals surface area contributed by atoms with E-state index < -0.39 is 6.10 Å². The molecule has 0 bridgehead atoms. The molecule has 2 rings (SSSR count). The van der Waals surface area contributed by atoms with Gasteiger partial charge in [0.2, 0.25) is 5.91 Å². The van der Waals surface area contributed by atoms with Crippen LogP contribution in [-0.2, 0) is 20.9 Å². The minimum Gasteiger partial charge on any atom is -0.373 e. The molecule has 1 aromatic carbocycles. The molecule has 5 heteroatoms. The first-order valence-electron chi connectivity index (χ1n) is 8.78. The second-order valence-electron chi connectivity index (χ2n) is 6.74. The summed E-state index contributed by atoms with van der Waals surface area (Å²) < 4.78 is 11.4. The number of amides is 1. The van der Waals surface area contributed by atoms with Gasteiger partial charge in [0.05, 0.1) is 18.8 Å². The average molecular weight is 334 g/mol. The van der Waals surface area contributed by atoms with E-state index in [0.29, 0.717) is 13.2 Å². The SMILES string of the molecule is C[C@@H]1CN([C@H](C)CNC(=O)[C@H](C)OCc2ccccc2)C[C@H](C)O1. The number of nitrogens with zero attached hydrogens (tertiary/aromatic N) is 1. The van der Waals surface area contributed by atoms with Crippen LogP contribution in [0.4, 0.5) is 0 Å². The lowest BCUT2D eigenvalue weighted by Gasteiger charge is -2.39. The molecule has 134 valence electrons. The third-order valence-corrected chi connectivity index (χ3v) is 4.35. The van der Waals surface area contributed by atoms with Crippen molar-refractivity contribution >= 4 is 5.91 Å². The Balaban J connectivity index is 1.71. The fourth-order valence-corrected chi connectivity index (χ4v) is 2.97. The Kier molecular flexibility index (Phi) is 7.21. The fraction of sp³-hybridized carbons (Fsp3) is 0.632. The van der Waals surface area contributed by atoms with Crippen LogP contribution in [0.5, 0.6) is 0 Å². The van der Waals surface area contributed by atoms with E-state index in [0.717, 1.165) is 18.7 Å². The van der Waals surface area contributed by atoms with Gasteiger partial charge in [-0.3, -0.25) is 9.69 Å². The zero-order chi connectivity index (χ0) is 17.5. The topological polar surface area (TPSA) is 50.8 Å². The molecular weight excluding hydrogens is 304 g/mol. The number of morpholine rings is 1. The second-order valence-corrected chi connectivity index (χ2v) is 6.74. The Morgan fingerprint density at radius 1 is 1.25 bits per heavy atom. The monoisotopic (exact) mass is 334 g/mol. The largest absolute Gasteiger partial charge is 0.373 e. The van der Waals surface area contributed by atoms with Gasteiger partial charge in [0.1, 0.15) is 6.10 Å². The van der Waals surface area contributed by atoms with Crippen LogP contribution >= 0.6 is 0 Å². The van der Waals surface area contributed by atoms with Crippen molar-refractivity contribution in [2.24, 2.45) is 0 Å². The first kappa shape index (κ1) is 18.9. The Bertz CT molecular complexity index is 499. The van der Waals surface area contributed by atoms with Crippen molar-refractivity contribution < 1.29 is 14.3 Å². The number of hydrogen-bond acceptors (Lipinski definition) is 4. The highest BCUT2D eigenvalue weighted by Crippen LogP contribution is 2.13. The lowest BCUT2D eigenvalue weighted by atomic mass is 10.1. The third-order valence-electron chi connectivity index (χ3n) is 4.35. The second kappa shape index (κ2) is 9.16. The maximum Gasteiger partial charge on any atom is 0.248 e. The van der Waals surface area contributed by atoms with E-state index in [1.54, 1.807) is 6.92 Å². The Hall–Kier alpha value is -1.43. The van der Waals surface area contributed by atoms with E-state index in [1.807, 2.05) is 30.3 Å². The van der Waals surface area contributed by atoms with Gasteiger partial charge < -0.3 is 14.8 Å². The van der Waals surface area contributed by atoms with Crippen molar-refractivity contribution in [3.8, 4) is 0 Å². The molecule has 1 aliphatic rings. The highest BCUT2D eigenvalue weighted by atomic mass is 16.5. The van der Waals surface area contributed by atoms with Crippen LogP contribution in [0, 0.1) is 0 Å². The molecule has 24 heavy (non-hydrogen) atoms. The van der Waals surface area contributed by atoms with Crippen LogP contribution in [0.1, 0.15) is 33.3 Å². The van der Waals surface area contributed by atoms with Crippen LogP contribution < -0.4 is 5.32 Å². The summed E-state index contributed by atoms with van der Waals surface area (Å²) in [6.07, 6.45) is 0.0139. The summed E-state index contributed by atoms with van der Waals surface area (Å²) in [4.78, 5) is 14.6. The van der Waals surface area contributed by atoms with Crippen molar-refractivity contribution in [3.05, 3.63) is 35.9 Å². The molecule has 0 aromatic heterocycles. The average Bonchev–Trinajstić information content (AvgIpc) is 2.57. The molecule has 0 saturated carbocycles. The summed E-state index contributed by atoms with van der Waals surface area (Å²) in [6.45, 7) is 11.0. The normalized spacial score (nSPS) is 24.3. The molecule has 4 atom stereocenters. The summed E-state index contributed by atoms with van der Waals surface area (Å²) in [5.41, 5.74) is 1.07. The van der Waals surface area contributed by atoms with Gasteiger partial charge in [-0.2, -0.15) is 0 Å². The molecule has 1 saturated heterocycles. The van der Waals surface area contributed by atoms with Crippen molar-refractivity contribution in [2.45, 2.75) is 58.7 Å². The highest BCUT2D eigenvalue weighted by molar-refractivity contribution is 5.80. The molecule has 1 N–H and O–H groups in total. The number of ether oxygens (including phenoxy) is 2. The van der Waals surface area contributed by atoms with Crippen LogP contribution in [0.2, 0.25) is 0 Å². The molecule has 1 amide bonds. The summed E-state index contributed by atoms with van der Waals surface area (Å²) in [5.74, 6) is -0.0628. The first-order chi connectivity index (χ1) is 11.5. The third kappa shape index (κ3) is 5.89. The van der Waals surface area contributed by atoms with E-state index in [2.05, 4.69) is 31.0 Å². The quantitative estimate of drug-likeness (QED) is 0.831. The number of benzene rings is 1. The molecule has 0 spiro atoms. The van der Waals surface area contributed by atoms with E-state index in [-0.39, 0.29) is 24.2 Å². The molecule has 0 radical (unpaired) electrons. The smallest absolute Gasteiger partial charge is 0.248 e. The minimum absolute atomic E-state index is 0.0628. The van der Waals surface area contributed by atoms with Gasteiger partial charge in [0.15, 0.2) is 0 Å². The number of carbonyl (C=O) groups is 1. The van der Waals surface area contributed by atoms with E-state index >= 15 is 0 Å². The van der Waals surface area contributed by atoms with Gasteiger partial charge in [0, 0.05) is 25.7 Å². The molecule has 1 aliphatic heterocycles. The standard InChI is InChI=1S/C19H30N2O3/c1-14(21-11-15(2)24-16(3)12-21)10-20-19(22)17(4)23-13-18-8-6-5-7-9-18/h5-9,14-17H,10-13H2,1-4H3,(H,20,22)/t14-,15-,16+,17+/m1/s1. The Morgan fingerprint density at radius 3 is 2.50 bits per heavy atom. The summed E-state index contributed by atoms with van der Waals surface area (Å²) in [5, 5.41) is 3.00. The van der Waals surface area contributed by atoms with E-state index in [1.165, 1.54) is 0 Å². The van der Waals surface area contributed by atoms with Crippen molar-refractivity contribution in [3.63, 3.8) is 0 Å². The zero-order valence-corrected chi connectivity index (χ0v) is 15.2. The van der Waals surface area contributed by atoms with Crippen LogP contribution in [0.25, 0.3) is 0 Å². The number of nitrogens with one attached hydrogen (secondary N) is 1. The maximum atomic E-state index is 12.2. The molecule has 5 nitrogen and oxygen atoms in total. The minimum atomic E-state index is -0.458. The lowest BCUT2D eigenvalue weighted by Crippen LogP contribution is -2.52. The molecular formula is C19H30N2O3. The summed E-state index contributed by atoms with van der Waals surface area (Å²) >= 11 is 0. The summed E-state index contributed by atoms with van der Waals surface area (Å²) in [6, 6.07) is 10.2. The van der Waals surface area contributed by atoms with Gasteiger partial charge in [-0.05, 0) is 33.3 Å². The van der Waals surface area contributed by atoms with Gasteiger partial charge in [-0.1, -0.05) is 30.3 Å². The Labute approximate surface area is 145 Å². The highest BCUT2D eigenvalue weighted by Gasteiger charge is 2.26. The van der Waals surface area contributed by atoms with E-state index in [4.69, 9.17) is 9.47 Å². The number of carbonyl (C=O) groups excluding carboxylic acids is 1. The molecule has 0 unspecified atom stereocenters. The van der Waals surface area contributed by atoms with Crippen molar-refractivity contribution in [2.75, 3.05) is 19.6 Å². The van der Waals surface area contributed by atoms with Crippen molar-refractivity contribution in [1.82, 2.24) is 10.2 Å². The van der Waals surface area contributed by atoms with Gasteiger partial charge in [-0.25, -0.2) is 0 Å². The Morgan fingerprint density at radius 2 is 1.88 bits per heavy atom. The van der Waals surface area contributed by atoms with Crippen LogP contribution in [-0.4, -0.2) is 54.8 Å². The molecule has 1 heterocycles. The first-order valence-corrected chi connectivity index (χ1v) is 8.78. The van der Waals surface area contributed by atoms with Gasteiger partial charge >= 0.3 is 0 Å². The number of rotatable bonds is 7. The van der Waals surface area contributed by atoms with Crippen LogP contribution in [0.15, 0.2) is 30.3 Å². The predicted octanol–water partition coefficient (Wildman–Crippen LogP) is 2.21. The van der Waals surface area contributed by atoms with E-state index in [9.17, 15) is 4.79 Å². The van der Waals surface area contributed by atoms with Crippen molar-refractivity contribution in [1.29, 1.82) is 0 Å². The molecule has 1 aromatic rings. The molecule has 0 aliphatic carbocycles. The zero-order valence-electron chi connectivity index (χ0n) is 15.2. The number of hydrogen-bond donors (Lipinski definition) is 1. The maximum absolute atomic E-state index is 12.2. The lowest BCUT2D eigenvalue weighted by molar-refractivity contribution is -0.133. The fourth-order valence-electron chi connectivity index (χ4n) is 2.97. The molecule has 1 fully saturated rings. The van der Waals surface area contributed by atoms with Gasteiger partial charge in [0.25, 0.3) is 0 Å². The van der Waals surface area contributed by atoms with Gasteiger partial charge in [-0.15, -0.1) is 0 Å². The summed E-state index contributed by atoms with van der Waals surface area (Å²) in [7, 11) is 0. The predicted molar refractivity (Wildman–Crippen MR) is 94.7 cm³/mol. The van der Waals surface area contributed by atoms with Crippen LogP contribution in [0.3, 0.4) is 0 Å².